The third kappa shape index (κ3) is 4.29. The number of esters is 1. The molecule has 0 radical (unpaired) electrons. The van der Waals surface area contributed by atoms with Crippen LogP contribution >= 0.6 is 11.3 Å². The predicted octanol–water partition coefficient (Wildman–Crippen LogP) is 3.24. The van der Waals surface area contributed by atoms with E-state index in [1.165, 1.54) is 18.4 Å². The van der Waals surface area contributed by atoms with E-state index >= 15 is 0 Å². The molecule has 5 rings (SSSR count). The number of methoxy groups -OCH3 is 1. The molecule has 3 heterocycles. The minimum atomic E-state index is -0.754. The number of H-pyrrole nitrogens is 1. The monoisotopic (exact) mass is 494 g/mol. The van der Waals surface area contributed by atoms with Gasteiger partial charge in [-0.25, -0.2) is 9.59 Å². The number of thiophene rings is 1. The van der Waals surface area contributed by atoms with Gasteiger partial charge in [-0.2, -0.15) is 0 Å². The predicted molar refractivity (Wildman–Crippen MR) is 132 cm³/mol. The molecule has 1 aliphatic carbocycles. The first-order chi connectivity index (χ1) is 16.9. The maximum atomic E-state index is 13.0. The number of urea groups is 1. The number of hydrogen-bond acceptors (Lipinski definition) is 6. The smallest absolute Gasteiger partial charge is 0.341 e. The van der Waals surface area contributed by atoms with Crippen LogP contribution in [0.4, 0.5) is 9.80 Å². The topological polar surface area (TPSA) is 121 Å². The zero-order valence-electron chi connectivity index (χ0n) is 19.5. The Balaban J connectivity index is 1.29. The number of nitrogens with one attached hydrogen (secondary N) is 3. The van der Waals surface area contributed by atoms with Crippen molar-refractivity contribution in [3.8, 4) is 0 Å². The molecule has 10 heteroatoms. The minimum Gasteiger partial charge on any atom is -0.465 e. The van der Waals surface area contributed by atoms with E-state index in [-0.39, 0.29) is 0 Å². The van der Waals surface area contributed by atoms with Crippen LogP contribution in [-0.4, -0.2) is 53.4 Å². The van der Waals surface area contributed by atoms with Gasteiger partial charge in [-0.1, -0.05) is 25.1 Å². The van der Waals surface area contributed by atoms with E-state index in [1.54, 1.807) is 0 Å². The van der Waals surface area contributed by atoms with Crippen LogP contribution in [0.15, 0.2) is 30.5 Å². The lowest BCUT2D eigenvalue weighted by atomic mass is 9.88. The fourth-order valence-electron chi connectivity index (χ4n) is 4.85. The highest BCUT2D eigenvalue weighted by atomic mass is 32.1. The highest BCUT2D eigenvalue weighted by Gasteiger charge is 2.39. The molecule has 0 bridgehead atoms. The summed E-state index contributed by atoms with van der Waals surface area (Å²) in [5.41, 5.74) is 3.16. The number of aromatic amines is 1. The molecule has 3 N–H and O–H groups in total. The molecule has 9 nitrogen and oxygen atoms in total. The minimum absolute atomic E-state index is 0.315. The summed E-state index contributed by atoms with van der Waals surface area (Å²) in [6.07, 6.45) is 4.68. The number of imide groups is 1. The van der Waals surface area contributed by atoms with Crippen molar-refractivity contribution < 1.29 is 23.9 Å². The summed E-state index contributed by atoms with van der Waals surface area (Å²) < 4.78 is 4.96. The molecule has 1 saturated heterocycles. The Morgan fingerprint density at radius 2 is 2.06 bits per heavy atom. The number of anilines is 1. The maximum absolute atomic E-state index is 13.0. The fraction of sp³-hybridized carbons (Fsp3) is 0.360. The van der Waals surface area contributed by atoms with Crippen LogP contribution in [0.1, 0.15) is 39.7 Å². The van der Waals surface area contributed by atoms with E-state index in [0.29, 0.717) is 22.9 Å². The molecule has 2 aromatic heterocycles. The van der Waals surface area contributed by atoms with Gasteiger partial charge in [0.1, 0.15) is 17.6 Å². The molecule has 182 valence electrons. The van der Waals surface area contributed by atoms with E-state index in [2.05, 4.69) is 22.5 Å². The van der Waals surface area contributed by atoms with Crippen LogP contribution in [0.5, 0.6) is 0 Å². The van der Waals surface area contributed by atoms with E-state index in [0.717, 1.165) is 51.1 Å². The lowest BCUT2D eigenvalue weighted by Crippen LogP contribution is -2.38. The van der Waals surface area contributed by atoms with Crippen molar-refractivity contribution in [2.45, 2.75) is 38.6 Å². The molecule has 35 heavy (non-hydrogen) atoms. The van der Waals surface area contributed by atoms with Gasteiger partial charge in [-0.05, 0) is 42.4 Å². The number of carbonyl (C=O) groups excluding carboxylic acids is 4. The van der Waals surface area contributed by atoms with Gasteiger partial charge in [0.2, 0.25) is 5.91 Å². The molecule has 0 spiro atoms. The number of aromatic nitrogens is 1. The molecule has 0 saturated carbocycles. The van der Waals surface area contributed by atoms with Crippen LogP contribution in [0.3, 0.4) is 0 Å². The Hall–Kier alpha value is -3.66. The number of carbonyl (C=O) groups is 4. The van der Waals surface area contributed by atoms with Crippen molar-refractivity contribution in [1.29, 1.82) is 0 Å². The third-order valence-electron chi connectivity index (χ3n) is 6.66. The average Bonchev–Trinajstić information content (AvgIpc) is 3.48. The number of benzene rings is 1. The van der Waals surface area contributed by atoms with Crippen LogP contribution in [0.25, 0.3) is 10.9 Å². The lowest BCUT2D eigenvalue weighted by molar-refractivity contribution is -0.130. The van der Waals surface area contributed by atoms with Gasteiger partial charge in [0.25, 0.3) is 5.91 Å². The lowest BCUT2D eigenvalue weighted by Gasteiger charge is -2.18. The number of nitrogens with zero attached hydrogens (tertiary/aromatic N) is 1. The Bertz CT molecular complexity index is 1340. The molecule has 2 atom stereocenters. The molecule has 3 aromatic rings. The summed E-state index contributed by atoms with van der Waals surface area (Å²) in [5, 5.41) is 6.82. The van der Waals surface area contributed by atoms with Gasteiger partial charge in [0.15, 0.2) is 0 Å². The summed E-state index contributed by atoms with van der Waals surface area (Å²) in [4.78, 5) is 56.0. The summed E-state index contributed by atoms with van der Waals surface area (Å²) in [5.74, 6) is -1.00. The van der Waals surface area contributed by atoms with Crippen molar-refractivity contribution in [1.82, 2.24) is 15.2 Å². The second kappa shape index (κ2) is 9.18. The van der Waals surface area contributed by atoms with Crippen LogP contribution in [0, 0.1) is 5.92 Å². The average molecular weight is 495 g/mol. The van der Waals surface area contributed by atoms with Gasteiger partial charge in [-0.3, -0.25) is 14.5 Å². The highest BCUT2D eigenvalue weighted by Crippen LogP contribution is 2.40. The van der Waals surface area contributed by atoms with E-state index in [4.69, 9.17) is 4.74 Å². The molecule has 4 amide bonds. The number of hydrogen-bond donors (Lipinski definition) is 3. The number of fused-ring (bicyclic) bond motifs is 2. The van der Waals surface area contributed by atoms with Gasteiger partial charge < -0.3 is 20.4 Å². The van der Waals surface area contributed by atoms with E-state index in [1.807, 2.05) is 30.5 Å². The maximum Gasteiger partial charge on any atom is 0.341 e. The SMILES string of the molecule is COC(=O)c1c(NC(=O)CN2C(=O)NC(Cc3c[nH]c4ccccc34)C2=O)sc2c1CCC(C)C2. The van der Waals surface area contributed by atoms with Crippen LogP contribution in [0.2, 0.25) is 0 Å². The third-order valence-corrected chi connectivity index (χ3v) is 7.83. The zero-order chi connectivity index (χ0) is 24.7. The van der Waals surface area contributed by atoms with Gasteiger partial charge in [-0.15, -0.1) is 11.3 Å². The number of rotatable bonds is 6. The van der Waals surface area contributed by atoms with Gasteiger partial charge in [0, 0.05) is 28.4 Å². The summed E-state index contributed by atoms with van der Waals surface area (Å²) in [6.45, 7) is 1.72. The molecule has 2 unspecified atom stereocenters. The Morgan fingerprint density at radius 1 is 1.26 bits per heavy atom. The number of ether oxygens (including phenoxy) is 1. The van der Waals surface area contributed by atoms with Crippen LogP contribution in [-0.2, 0) is 33.6 Å². The fourth-order valence-corrected chi connectivity index (χ4v) is 6.27. The van der Waals surface area contributed by atoms with Crippen molar-refractivity contribution in [2.75, 3.05) is 19.0 Å². The Labute approximate surface area is 205 Å². The molecular weight excluding hydrogens is 468 g/mol. The van der Waals surface area contributed by atoms with Crippen molar-refractivity contribution in [3.63, 3.8) is 0 Å². The first-order valence-corrected chi connectivity index (χ1v) is 12.4. The quantitative estimate of drug-likeness (QED) is 0.359. The summed E-state index contributed by atoms with van der Waals surface area (Å²) in [7, 11) is 1.31. The molecule has 2 aliphatic rings. The molecule has 1 aliphatic heterocycles. The van der Waals surface area contributed by atoms with Crippen molar-refractivity contribution in [3.05, 3.63) is 52.0 Å². The standard InChI is InChI=1S/C25H26N4O5S/c1-13-7-8-16-19(9-13)35-22(21(16)24(32)34-2)28-20(30)12-29-23(31)18(27-25(29)33)10-14-11-26-17-6-4-3-5-15(14)17/h3-6,11,13,18,26H,7-10,12H2,1-2H3,(H,27,33)(H,28,30). The Kier molecular flexibility index (Phi) is 6.06. The van der Waals surface area contributed by atoms with Gasteiger partial charge in [0.05, 0.1) is 12.7 Å². The van der Waals surface area contributed by atoms with E-state index in [9.17, 15) is 19.2 Å². The summed E-state index contributed by atoms with van der Waals surface area (Å²) >= 11 is 1.36. The first-order valence-electron chi connectivity index (χ1n) is 11.5. The van der Waals surface area contributed by atoms with Crippen LogP contribution < -0.4 is 10.6 Å². The van der Waals surface area contributed by atoms with Crippen molar-refractivity contribution in [2.24, 2.45) is 5.92 Å². The highest BCUT2D eigenvalue weighted by molar-refractivity contribution is 7.17. The largest absolute Gasteiger partial charge is 0.465 e. The normalized spacial score (nSPS) is 19.5. The zero-order valence-corrected chi connectivity index (χ0v) is 20.3. The van der Waals surface area contributed by atoms with Gasteiger partial charge >= 0.3 is 12.0 Å². The first kappa shape index (κ1) is 23.1. The molecule has 1 aromatic carbocycles. The molecule has 1 fully saturated rings. The second-order valence-electron chi connectivity index (χ2n) is 9.09. The summed E-state index contributed by atoms with van der Waals surface area (Å²) in [6, 6.07) is 6.36. The van der Waals surface area contributed by atoms with Crippen molar-refractivity contribution >= 4 is 51.1 Å². The Morgan fingerprint density at radius 3 is 2.86 bits per heavy atom. The second-order valence-corrected chi connectivity index (χ2v) is 10.2. The number of amides is 4. The molecular formula is C25H26N4O5S. The van der Waals surface area contributed by atoms with E-state index < -0.39 is 36.4 Å². The number of para-hydroxylation sites is 1.